The minimum Gasteiger partial charge on any atom is -0.477 e. The summed E-state index contributed by atoms with van der Waals surface area (Å²) in [5, 5.41) is 12.9. The summed E-state index contributed by atoms with van der Waals surface area (Å²) in [4.78, 5) is 12.3. The first-order chi connectivity index (χ1) is 8.97. The van der Waals surface area contributed by atoms with Gasteiger partial charge < -0.3 is 10.4 Å². The maximum Gasteiger partial charge on any atom is 0.345 e. The Bertz CT molecular complexity index is 627. The predicted molar refractivity (Wildman–Crippen MR) is 82.5 cm³/mol. The lowest BCUT2D eigenvalue weighted by Gasteiger charge is -2.08. The fourth-order valence-electron chi connectivity index (χ4n) is 1.62. The lowest BCUT2D eigenvalue weighted by Crippen LogP contribution is -2.00. The number of hydrogen-bond donors (Lipinski definition) is 2. The fraction of sp³-hybridized carbons (Fsp3) is 0.154. The second-order valence-electron chi connectivity index (χ2n) is 3.97. The molecule has 3 nitrogen and oxygen atoms in total. The average Bonchev–Trinajstić information content (AvgIpc) is 2.70. The molecule has 19 heavy (non-hydrogen) atoms. The zero-order valence-electron chi connectivity index (χ0n) is 10.0. The first kappa shape index (κ1) is 14.4. The van der Waals surface area contributed by atoms with Crippen LogP contribution < -0.4 is 5.32 Å². The van der Waals surface area contributed by atoms with Crippen LogP contribution in [-0.2, 0) is 6.54 Å². The van der Waals surface area contributed by atoms with Crippen LogP contribution in [0.25, 0.3) is 0 Å². The van der Waals surface area contributed by atoms with Gasteiger partial charge in [0, 0.05) is 26.6 Å². The van der Waals surface area contributed by atoms with E-state index in [0.717, 1.165) is 20.6 Å². The summed E-state index contributed by atoms with van der Waals surface area (Å²) < 4.78 is 0.881. The second-order valence-corrected chi connectivity index (χ2v) is 6.52. The van der Waals surface area contributed by atoms with Crippen molar-refractivity contribution < 1.29 is 9.90 Å². The third-order valence-corrected chi connectivity index (χ3v) is 4.60. The number of rotatable bonds is 4. The van der Waals surface area contributed by atoms with Gasteiger partial charge >= 0.3 is 5.97 Å². The Balaban J connectivity index is 2.12. The molecule has 6 heteroatoms. The fourth-order valence-corrected chi connectivity index (χ4v) is 3.33. The standard InChI is InChI=1S/C13H11BrClNO2S/c1-7-8(4-12(19-7)13(17)18)6-16-11-3-2-9(15)5-10(11)14/h2-5,16H,6H2,1H3,(H,17,18). The van der Waals surface area contributed by atoms with Gasteiger partial charge in [0.15, 0.2) is 0 Å². The monoisotopic (exact) mass is 359 g/mol. The Morgan fingerprint density at radius 2 is 2.21 bits per heavy atom. The molecule has 2 aromatic rings. The molecule has 0 spiro atoms. The Morgan fingerprint density at radius 3 is 2.79 bits per heavy atom. The second kappa shape index (κ2) is 5.94. The van der Waals surface area contributed by atoms with E-state index in [2.05, 4.69) is 21.2 Å². The minimum atomic E-state index is -0.882. The van der Waals surface area contributed by atoms with E-state index in [1.807, 2.05) is 19.1 Å². The maximum absolute atomic E-state index is 10.9. The highest BCUT2D eigenvalue weighted by Gasteiger charge is 2.11. The van der Waals surface area contributed by atoms with Gasteiger partial charge in [0.25, 0.3) is 0 Å². The van der Waals surface area contributed by atoms with Crippen LogP contribution in [-0.4, -0.2) is 11.1 Å². The molecular weight excluding hydrogens is 350 g/mol. The molecule has 1 aromatic carbocycles. The molecule has 0 aliphatic heterocycles. The summed E-state index contributed by atoms with van der Waals surface area (Å²) >= 11 is 10.6. The molecular formula is C13H11BrClNO2S. The van der Waals surface area contributed by atoms with Crippen molar-refractivity contribution in [2.75, 3.05) is 5.32 Å². The molecule has 0 unspecified atom stereocenters. The van der Waals surface area contributed by atoms with Gasteiger partial charge in [-0.25, -0.2) is 4.79 Å². The highest BCUT2D eigenvalue weighted by molar-refractivity contribution is 9.10. The number of hydrogen-bond acceptors (Lipinski definition) is 3. The topological polar surface area (TPSA) is 49.3 Å². The smallest absolute Gasteiger partial charge is 0.345 e. The van der Waals surface area contributed by atoms with E-state index in [0.29, 0.717) is 16.4 Å². The average molecular weight is 361 g/mol. The molecule has 0 bridgehead atoms. The van der Waals surface area contributed by atoms with Crippen molar-refractivity contribution in [3.63, 3.8) is 0 Å². The van der Waals surface area contributed by atoms with Gasteiger partial charge in [0.05, 0.1) is 0 Å². The number of anilines is 1. The molecule has 1 heterocycles. The number of halogens is 2. The Hall–Kier alpha value is -1.04. The van der Waals surface area contributed by atoms with E-state index in [4.69, 9.17) is 16.7 Å². The molecule has 0 aliphatic rings. The highest BCUT2D eigenvalue weighted by Crippen LogP contribution is 2.28. The van der Waals surface area contributed by atoms with Gasteiger partial charge in [-0.05, 0) is 52.7 Å². The Labute approximate surface area is 128 Å². The predicted octanol–water partition coefficient (Wildman–Crippen LogP) is 4.78. The molecule has 100 valence electrons. The normalized spacial score (nSPS) is 10.5. The SMILES string of the molecule is Cc1sc(C(=O)O)cc1CNc1ccc(Cl)cc1Br. The molecule has 1 aromatic heterocycles. The van der Waals surface area contributed by atoms with Gasteiger partial charge in [0.2, 0.25) is 0 Å². The van der Waals surface area contributed by atoms with Gasteiger partial charge in [-0.15, -0.1) is 11.3 Å². The Kier molecular flexibility index (Phi) is 4.50. The van der Waals surface area contributed by atoms with Crippen LogP contribution in [0.4, 0.5) is 5.69 Å². The van der Waals surface area contributed by atoms with Gasteiger partial charge in [-0.2, -0.15) is 0 Å². The Morgan fingerprint density at radius 1 is 1.47 bits per heavy atom. The molecule has 2 rings (SSSR count). The van der Waals surface area contributed by atoms with Crippen LogP contribution in [0.3, 0.4) is 0 Å². The number of carboxylic acids is 1. The van der Waals surface area contributed by atoms with Gasteiger partial charge in [-0.1, -0.05) is 11.6 Å². The van der Waals surface area contributed by atoms with E-state index < -0.39 is 5.97 Å². The van der Waals surface area contributed by atoms with Crippen LogP contribution in [0.1, 0.15) is 20.1 Å². The summed E-state index contributed by atoms with van der Waals surface area (Å²) in [5.41, 5.74) is 1.91. The molecule has 0 saturated carbocycles. The number of aryl methyl sites for hydroxylation is 1. The van der Waals surface area contributed by atoms with Crippen molar-refractivity contribution in [2.24, 2.45) is 0 Å². The van der Waals surface area contributed by atoms with Crippen molar-refractivity contribution in [3.8, 4) is 0 Å². The van der Waals surface area contributed by atoms with E-state index in [9.17, 15) is 4.79 Å². The van der Waals surface area contributed by atoms with Crippen molar-refractivity contribution >= 4 is 50.5 Å². The lowest BCUT2D eigenvalue weighted by molar-refractivity contribution is 0.0702. The molecule has 0 atom stereocenters. The van der Waals surface area contributed by atoms with Crippen LogP contribution >= 0.6 is 38.9 Å². The van der Waals surface area contributed by atoms with E-state index in [1.165, 1.54) is 11.3 Å². The number of thiophene rings is 1. The number of nitrogens with one attached hydrogen (secondary N) is 1. The summed E-state index contributed by atoms with van der Waals surface area (Å²) in [6.07, 6.45) is 0. The van der Waals surface area contributed by atoms with Crippen LogP contribution in [0.5, 0.6) is 0 Å². The molecule has 0 radical (unpaired) electrons. The van der Waals surface area contributed by atoms with Crippen LogP contribution in [0.15, 0.2) is 28.7 Å². The number of benzene rings is 1. The van der Waals surface area contributed by atoms with E-state index in [1.54, 1.807) is 12.1 Å². The van der Waals surface area contributed by atoms with Crippen molar-refractivity contribution in [1.82, 2.24) is 0 Å². The summed E-state index contributed by atoms with van der Waals surface area (Å²) in [6.45, 7) is 2.50. The number of carbonyl (C=O) groups is 1. The third-order valence-electron chi connectivity index (χ3n) is 2.63. The molecule has 0 amide bonds. The van der Waals surface area contributed by atoms with Crippen molar-refractivity contribution in [3.05, 3.63) is 49.1 Å². The third kappa shape index (κ3) is 3.49. The van der Waals surface area contributed by atoms with Crippen LogP contribution in [0.2, 0.25) is 5.02 Å². The summed E-state index contributed by atoms with van der Waals surface area (Å²) in [7, 11) is 0. The lowest BCUT2D eigenvalue weighted by atomic mass is 10.2. The van der Waals surface area contributed by atoms with E-state index in [-0.39, 0.29) is 0 Å². The van der Waals surface area contributed by atoms with Crippen molar-refractivity contribution in [1.29, 1.82) is 0 Å². The minimum absolute atomic E-state index is 0.365. The zero-order chi connectivity index (χ0) is 14.0. The molecule has 0 saturated heterocycles. The van der Waals surface area contributed by atoms with Gasteiger partial charge in [0.1, 0.15) is 4.88 Å². The first-order valence-corrected chi connectivity index (χ1v) is 7.47. The summed E-state index contributed by atoms with van der Waals surface area (Å²) in [6, 6.07) is 7.20. The van der Waals surface area contributed by atoms with Gasteiger partial charge in [-0.3, -0.25) is 0 Å². The number of carboxylic acid groups (broad SMARTS) is 1. The van der Waals surface area contributed by atoms with Crippen molar-refractivity contribution in [2.45, 2.75) is 13.5 Å². The molecule has 0 fully saturated rings. The summed E-state index contributed by atoms with van der Waals surface area (Å²) in [5.74, 6) is -0.882. The number of aromatic carboxylic acids is 1. The molecule has 2 N–H and O–H groups in total. The largest absolute Gasteiger partial charge is 0.477 e. The van der Waals surface area contributed by atoms with E-state index >= 15 is 0 Å². The highest BCUT2D eigenvalue weighted by atomic mass is 79.9. The first-order valence-electron chi connectivity index (χ1n) is 5.49. The quantitative estimate of drug-likeness (QED) is 0.824. The van der Waals surface area contributed by atoms with Crippen LogP contribution in [0, 0.1) is 6.92 Å². The zero-order valence-corrected chi connectivity index (χ0v) is 13.2. The maximum atomic E-state index is 10.9. The molecule has 0 aliphatic carbocycles.